The lowest BCUT2D eigenvalue weighted by atomic mass is 9.91. The molecule has 44 heavy (non-hydrogen) atoms. The summed E-state index contributed by atoms with van der Waals surface area (Å²) in [4.78, 5) is 34.2. The van der Waals surface area contributed by atoms with Crippen molar-refractivity contribution in [1.82, 2.24) is 19.7 Å². The lowest BCUT2D eigenvalue weighted by Crippen LogP contribution is -2.43. The number of piperidine rings is 1. The van der Waals surface area contributed by atoms with Crippen molar-refractivity contribution in [2.75, 3.05) is 20.2 Å². The zero-order valence-electron chi connectivity index (χ0n) is 26.8. The summed E-state index contributed by atoms with van der Waals surface area (Å²) in [5, 5.41) is 5.58. The van der Waals surface area contributed by atoms with Crippen LogP contribution in [0.3, 0.4) is 0 Å². The Hall–Kier alpha value is -3.70. The summed E-state index contributed by atoms with van der Waals surface area (Å²) in [7, 11) is 1.65. The van der Waals surface area contributed by atoms with Crippen LogP contribution in [-0.4, -0.2) is 57.7 Å². The van der Waals surface area contributed by atoms with Crippen LogP contribution in [0, 0.1) is 6.92 Å². The fourth-order valence-corrected chi connectivity index (χ4v) is 6.67. The third-order valence-electron chi connectivity index (χ3n) is 7.64. The van der Waals surface area contributed by atoms with E-state index in [1.165, 1.54) is 17.6 Å². The first-order valence-corrected chi connectivity index (χ1v) is 15.8. The number of fused-ring (bicyclic) bond motifs is 1. The Kier molecular flexibility index (Phi) is 8.91. The number of aromatic nitrogens is 3. The van der Waals surface area contributed by atoms with Crippen molar-refractivity contribution in [3.63, 3.8) is 0 Å². The Balaban J connectivity index is 1.53. The van der Waals surface area contributed by atoms with Gasteiger partial charge in [0.2, 0.25) is 11.3 Å². The van der Waals surface area contributed by atoms with Gasteiger partial charge in [0.05, 0.1) is 36.2 Å². The van der Waals surface area contributed by atoms with Gasteiger partial charge in [0.25, 0.3) is 0 Å². The van der Waals surface area contributed by atoms with Crippen molar-refractivity contribution < 1.29 is 23.4 Å². The molecule has 1 unspecified atom stereocenters. The van der Waals surface area contributed by atoms with Crippen molar-refractivity contribution in [2.24, 2.45) is 0 Å². The molecule has 1 saturated heterocycles. The molecule has 1 fully saturated rings. The number of nitrogens with zero attached hydrogens (tertiary/aromatic N) is 4. The van der Waals surface area contributed by atoms with Crippen LogP contribution in [0.4, 0.5) is 4.79 Å². The maximum Gasteiger partial charge on any atom is 0.410 e. The quantitative estimate of drug-likeness (QED) is 0.219. The molecule has 11 heteroatoms. The van der Waals surface area contributed by atoms with Gasteiger partial charge in [0.15, 0.2) is 0 Å². The normalized spacial score (nSPS) is 15.5. The number of hydrogen-bond acceptors (Lipinski definition) is 9. The second-order valence-electron chi connectivity index (χ2n) is 13.2. The van der Waals surface area contributed by atoms with Crippen molar-refractivity contribution in [2.45, 2.75) is 91.1 Å². The van der Waals surface area contributed by atoms with E-state index in [1.54, 1.807) is 18.2 Å². The highest BCUT2D eigenvalue weighted by atomic mass is 32.1. The van der Waals surface area contributed by atoms with Gasteiger partial charge in [0.1, 0.15) is 34.2 Å². The van der Waals surface area contributed by atoms with Crippen LogP contribution < -0.4 is 10.2 Å². The van der Waals surface area contributed by atoms with Crippen molar-refractivity contribution >= 4 is 27.6 Å². The molecule has 1 aromatic carbocycles. The first-order chi connectivity index (χ1) is 20.8. The summed E-state index contributed by atoms with van der Waals surface area (Å²) < 4.78 is 25.7. The van der Waals surface area contributed by atoms with Crippen LogP contribution in [0.1, 0.15) is 77.3 Å². The van der Waals surface area contributed by atoms with Gasteiger partial charge in [-0.1, -0.05) is 39.0 Å². The Morgan fingerprint density at radius 1 is 1.14 bits per heavy atom. The van der Waals surface area contributed by atoms with Crippen LogP contribution in [0.15, 0.2) is 45.9 Å². The molecule has 3 aromatic heterocycles. The summed E-state index contributed by atoms with van der Waals surface area (Å²) in [5.74, 6) is 1.18. The van der Waals surface area contributed by atoms with Gasteiger partial charge in [-0.3, -0.25) is 9.48 Å². The highest BCUT2D eigenvalue weighted by Crippen LogP contribution is 2.38. The van der Waals surface area contributed by atoms with E-state index in [9.17, 15) is 9.59 Å². The molecule has 5 rings (SSSR count). The molecule has 4 aromatic rings. The Morgan fingerprint density at radius 3 is 2.45 bits per heavy atom. The largest absolute Gasteiger partial charge is 0.496 e. The minimum Gasteiger partial charge on any atom is -0.496 e. The number of para-hydroxylation sites is 1. The van der Waals surface area contributed by atoms with Crippen LogP contribution in [-0.2, 0) is 21.4 Å². The number of hydrogen-bond donors (Lipinski definition) is 0. The number of likely N-dealkylation sites (tertiary alicyclic amines) is 1. The topological polar surface area (TPSA) is 109 Å². The molecule has 1 amide bonds. The third-order valence-corrected chi connectivity index (χ3v) is 8.93. The molecule has 0 spiro atoms. The van der Waals surface area contributed by atoms with E-state index in [4.69, 9.17) is 23.7 Å². The van der Waals surface area contributed by atoms with Crippen molar-refractivity contribution in [3.05, 3.63) is 63.8 Å². The van der Waals surface area contributed by atoms with Gasteiger partial charge in [-0.25, -0.2) is 9.78 Å². The molecule has 0 N–H and O–H groups in total. The highest BCUT2D eigenvalue weighted by molar-refractivity contribution is 7.22. The molecule has 1 atom stereocenters. The van der Waals surface area contributed by atoms with E-state index in [0.29, 0.717) is 55.2 Å². The summed E-state index contributed by atoms with van der Waals surface area (Å²) in [5.41, 5.74) is 1.07. The molecular weight excluding hydrogens is 580 g/mol. The number of aryl methyl sites for hydroxylation is 1. The zero-order chi connectivity index (χ0) is 31.8. The molecule has 1 aliphatic heterocycles. The number of rotatable bonds is 7. The standard InChI is InChI=1S/C33H42N4O6S/c1-20-25-26(38)28(32(2,3)4)35-37(30(25)44-27(20)29-34-15-18-41-29)19-24(22-11-9-10-12-23(22)40-8)42-21-13-16-36(17-14-21)31(39)43-33(5,6)7/h9-12,15,18,21,24H,13-14,16-17,19H2,1-8H3. The number of benzene rings is 1. The van der Waals surface area contributed by atoms with Crippen LogP contribution >= 0.6 is 11.3 Å². The second-order valence-corrected chi connectivity index (χ2v) is 14.2. The van der Waals surface area contributed by atoms with E-state index in [2.05, 4.69) is 4.98 Å². The SMILES string of the molecule is COc1ccccc1C(Cn1nc(C(C)(C)C)c(=O)c2c(C)c(-c3ncco3)sc21)OC1CCN(C(=O)OC(C)(C)C)CC1. The second kappa shape index (κ2) is 12.4. The van der Waals surface area contributed by atoms with Gasteiger partial charge in [-0.2, -0.15) is 5.10 Å². The molecule has 0 radical (unpaired) electrons. The maximum atomic E-state index is 13.9. The number of carbonyl (C=O) groups is 1. The Labute approximate surface area is 261 Å². The van der Waals surface area contributed by atoms with Crippen molar-refractivity contribution in [1.29, 1.82) is 0 Å². The molecular formula is C33H42N4O6S. The highest BCUT2D eigenvalue weighted by Gasteiger charge is 2.32. The fourth-order valence-electron chi connectivity index (χ4n) is 5.47. The maximum absolute atomic E-state index is 13.9. The van der Waals surface area contributed by atoms with Gasteiger partial charge in [-0.15, -0.1) is 11.3 Å². The number of amides is 1. The average Bonchev–Trinajstić information content (AvgIpc) is 3.61. The summed E-state index contributed by atoms with van der Waals surface area (Å²) in [6.45, 7) is 15.0. The third kappa shape index (κ3) is 6.68. The van der Waals surface area contributed by atoms with Gasteiger partial charge in [-0.05, 0) is 52.2 Å². The minimum atomic E-state index is -0.548. The Morgan fingerprint density at radius 2 is 1.84 bits per heavy atom. The van der Waals surface area contributed by atoms with E-state index in [1.807, 2.05) is 77.4 Å². The lowest BCUT2D eigenvalue weighted by Gasteiger charge is -2.35. The van der Waals surface area contributed by atoms with Gasteiger partial charge < -0.3 is 23.5 Å². The molecule has 0 aliphatic carbocycles. The van der Waals surface area contributed by atoms with Crippen LogP contribution in [0.25, 0.3) is 21.0 Å². The fraction of sp³-hybridized carbons (Fsp3) is 0.515. The monoisotopic (exact) mass is 622 g/mol. The van der Waals surface area contributed by atoms with E-state index >= 15 is 0 Å². The predicted molar refractivity (Wildman–Crippen MR) is 170 cm³/mol. The molecule has 10 nitrogen and oxygen atoms in total. The summed E-state index contributed by atoms with van der Waals surface area (Å²) in [6, 6.07) is 7.81. The number of oxazole rings is 1. The molecule has 4 heterocycles. The van der Waals surface area contributed by atoms with Crippen LogP contribution in [0.2, 0.25) is 0 Å². The van der Waals surface area contributed by atoms with E-state index < -0.39 is 17.1 Å². The first-order valence-electron chi connectivity index (χ1n) is 15.0. The minimum absolute atomic E-state index is 0.0837. The number of thiophene rings is 1. The summed E-state index contributed by atoms with van der Waals surface area (Å²) >= 11 is 1.44. The predicted octanol–water partition coefficient (Wildman–Crippen LogP) is 6.88. The van der Waals surface area contributed by atoms with Crippen LogP contribution in [0.5, 0.6) is 5.75 Å². The molecule has 0 bridgehead atoms. The lowest BCUT2D eigenvalue weighted by molar-refractivity contribution is -0.0550. The Bertz CT molecular complexity index is 1670. The summed E-state index contributed by atoms with van der Waals surface area (Å²) in [6.07, 6.45) is 3.61. The zero-order valence-corrected chi connectivity index (χ0v) is 27.6. The van der Waals surface area contributed by atoms with Gasteiger partial charge in [0, 0.05) is 24.1 Å². The first kappa shape index (κ1) is 31.7. The van der Waals surface area contributed by atoms with Gasteiger partial charge >= 0.3 is 6.09 Å². The smallest absolute Gasteiger partial charge is 0.410 e. The molecule has 1 aliphatic rings. The van der Waals surface area contributed by atoms with Crippen molar-refractivity contribution in [3.8, 4) is 16.5 Å². The van der Waals surface area contributed by atoms with E-state index in [0.717, 1.165) is 20.8 Å². The number of carbonyl (C=O) groups excluding carboxylic acids is 1. The molecule has 236 valence electrons. The van der Waals surface area contributed by atoms with E-state index in [-0.39, 0.29) is 17.6 Å². The number of methoxy groups -OCH3 is 1. The number of ether oxygens (including phenoxy) is 3. The average molecular weight is 623 g/mol. The molecule has 0 saturated carbocycles.